The molecule has 0 aliphatic carbocycles. The minimum atomic E-state index is -0.946. The van der Waals surface area contributed by atoms with Crippen LogP contribution in [0.5, 0.6) is 17.2 Å². The number of ether oxygens (including phenoxy) is 3. The largest absolute Gasteiger partial charge is 0.507 e. The van der Waals surface area contributed by atoms with Crippen molar-refractivity contribution in [1.29, 1.82) is 0 Å². The van der Waals surface area contributed by atoms with Gasteiger partial charge in [0.05, 0.1) is 31.4 Å². The minimum absolute atomic E-state index is 0.0494. The van der Waals surface area contributed by atoms with Gasteiger partial charge in [0.25, 0.3) is 5.78 Å². The molecule has 0 spiro atoms. The van der Waals surface area contributed by atoms with Crippen LogP contribution in [0.3, 0.4) is 0 Å². The third kappa shape index (κ3) is 5.29. The van der Waals surface area contributed by atoms with E-state index in [0.29, 0.717) is 53.2 Å². The molecule has 0 radical (unpaired) electrons. The lowest BCUT2D eigenvalue weighted by atomic mass is 9.95. The molecule has 1 aliphatic rings. The van der Waals surface area contributed by atoms with E-state index in [-0.39, 0.29) is 16.5 Å². The van der Waals surface area contributed by atoms with Gasteiger partial charge in [0, 0.05) is 5.56 Å². The van der Waals surface area contributed by atoms with Gasteiger partial charge in [0.15, 0.2) is 11.5 Å². The first kappa shape index (κ1) is 26.2. The fourth-order valence-electron chi connectivity index (χ4n) is 4.05. The number of aryl methyl sites for hydroxylation is 1. The Morgan fingerprint density at radius 3 is 2.30 bits per heavy atom. The molecule has 0 bridgehead atoms. The van der Waals surface area contributed by atoms with Gasteiger partial charge in [-0.1, -0.05) is 24.3 Å². The van der Waals surface area contributed by atoms with Crippen molar-refractivity contribution >= 4 is 33.9 Å². The summed E-state index contributed by atoms with van der Waals surface area (Å²) in [5.41, 5.74) is 0.895. The van der Waals surface area contributed by atoms with Crippen LogP contribution < -0.4 is 19.1 Å². The second-order valence-electron chi connectivity index (χ2n) is 8.22. The molecule has 3 aromatic rings. The third-order valence-corrected chi connectivity index (χ3v) is 6.49. The Labute approximate surface area is 219 Å². The summed E-state index contributed by atoms with van der Waals surface area (Å²) in [5, 5.41) is 20.4. The zero-order valence-corrected chi connectivity index (χ0v) is 22.0. The monoisotopic (exact) mass is 523 g/mol. The van der Waals surface area contributed by atoms with Gasteiger partial charge in [-0.15, -0.1) is 10.2 Å². The first-order chi connectivity index (χ1) is 17.9. The number of carbonyl (C=O) groups excluding carboxylic acids is 2. The van der Waals surface area contributed by atoms with Gasteiger partial charge in [-0.05, 0) is 69.2 Å². The van der Waals surface area contributed by atoms with E-state index >= 15 is 0 Å². The second-order valence-corrected chi connectivity index (χ2v) is 9.38. The molecule has 194 valence electrons. The summed E-state index contributed by atoms with van der Waals surface area (Å²) < 4.78 is 17.1. The number of aliphatic hydroxyl groups is 1. The van der Waals surface area contributed by atoms with E-state index in [2.05, 4.69) is 10.2 Å². The standard InChI is InChI=1S/C27H29N3O6S/c1-5-14-36-19-11-8-17(9-12-19)24(31)22-23(18-10-13-20(34-6-2)21(15-18)35-7-3)30(26(33)25(22)32)27-29-28-16(4)37-27/h8-13,15,23,31H,5-7,14H2,1-4H3. The lowest BCUT2D eigenvalue weighted by Crippen LogP contribution is -2.29. The molecule has 1 N–H and O–H groups in total. The number of hydrogen-bond acceptors (Lipinski definition) is 9. The number of benzene rings is 2. The maximum absolute atomic E-state index is 13.3. The lowest BCUT2D eigenvalue weighted by Gasteiger charge is -2.23. The van der Waals surface area contributed by atoms with E-state index in [4.69, 9.17) is 14.2 Å². The van der Waals surface area contributed by atoms with Gasteiger partial charge in [0.2, 0.25) is 5.13 Å². The molecule has 1 aliphatic heterocycles. The van der Waals surface area contributed by atoms with Crippen LogP contribution in [-0.4, -0.2) is 46.8 Å². The lowest BCUT2D eigenvalue weighted by molar-refractivity contribution is -0.132. The highest BCUT2D eigenvalue weighted by molar-refractivity contribution is 7.15. The Bertz CT molecular complexity index is 1320. The molecular weight excluding hydrogens is 494 g/mol. The Hall–Kier alpha value is -3.92. The summed E-state index contributed by atoms with van der Waals surface area (Å²) in [6, 6.07) is 11.0. The zero-order valence-electron chi connectivity index (χ0n) is 21.2. The first-order valence-electron chi connectivity index (χ1n) is 12.1. The Morgan fingerprint density at radius 1 is 0.973 bits per heavy atom. The topological polar surface area (TPSA) is 111 Å². The van der Waals surface area contributed by atoms with Crippen molar-refractivity contribution in [2.45, 2.75) is 40.2 Å². The SMILES string of the molecule is CCCOc1ccc(C(O)=C2C(=O)C(=O)N(c3nnc(C)s3)C2c2ccc(OCC)c(OCC)c2)cc1. The third-order valence-electron chi connectivity index (χ3n) is 5.65. The van der Waals surface area contributed by atoms with E-state index in [9.17, 15) is 14.7 Å². The highest BCUT2D eigenvalue weighted by atomic mass is 32.1. The molecule has 10 heteroatoms. The summed E-state index contributed by atoms with van der Waals surface area (Å²) in [5.74, 6) is -0.239. The molecule has 1 atom stereocenters. The van der Waals surface area contributed by atoms with Crippen LogP contribution in [0.1, 0.15) is 49.4 Å². The molecule has 0 saturated carbocycles. The summed E-state index contributed by atoms with van der Waals surface area (Å²) >= 11 is 1.19. The van der Waals surface area contributed by atoms with Crippen LogP contribution in [0.25, 0.3) is 5.76 Å². The number of amides is 1. The van der Waals surface area contributed by atoms with Crippen molar-refractivity contribution in [2.75, 3.05) is 24.7 Å². The molecule has 1 unspecified atom stereocenters. The van der Waals surface area contributed by atoms with Gasteiger partial charge in [-0.3, -0.25) is 14.5 Å². The average molecular weight is 524 g/mol. The van der Waals surface area contributed by atoms with Crippen LogP contribution in [0.4, 0.5) is 5.13 Å². The number of rotatable bonds is 10. The van der Waals surface area contributed by atoms with Crippen molar-refractivity contribution in [3.8, 4) is 17.2 Å². The van der Waals surface area contributed by atoms with E-state index < -0.39 is 17.7 Å². The zero-order chi connectivity index (χ0) is 26.5. The van der Waals surface area contributed by atoms with E-state index in [0.717, 1.165) is 6.42 Å². The van der Waals surface area contributed by atoms with Crippen molar-refractivity contribution < 1.29 is 28.9 Å². The summed E-state index contributed by atoms with van der Waals surface area (Å²) in [4.78, 5) is 27.9. The van der Waals surface area contributed by atoms with Gasteiger partial charge in [-0.25, -0.2) is 0 Å². The van der Waals surface area contributed by atoms with Gasteiger partial charge >= 0.3 is 5.91 Å². The first-order valence-corrected chi connectivity index (χ1v) is 12.9. The van der Waals surface area contributed by atoms with Gasteiger partial charge in [0.1, 0.15) is 16.5 Å². The molecule has 4 rings (SSSR count). The molecule has 9 nitrogen and oxygen atoms in total. The predicted molar refractivity (Wildman–Crippen MR) is 140 cm³/mol. The number of nitrogens with zero attached hydrogens (tertiary/aromatic N) is 3. The van der Waals surface area contributed by atoms with Crippen molar-refractivity contribution in [3.05, 3.63) is 64.2 Å². The highest BCUT2D eigenvalue weighted by Crippen LogP contribution is 2.44. The average Bonchev–Trinajstić information content (AvgIpc) is 3.44. The summed E-state index contributed by atoms with van der Waals surface area (Å²) in [7, 11) is 0. The smallest absolute Gasteiger partial charge is 0.301 e. The number of anilines is 1. The van der Waals surface area contributed by atoms with Crippen molar-refractivity contribution in [2.24, 2.45) is 0 Å². The fraction of sp³-hybridized carbons (Fsp3) is 0.333. The number of aromatic nitrogens is 2. The van der Waals surface area contributed by atoms with Crippen molar-refractivity contribution in [3.63, 3.8) is 0 Å². The van der Waals surface area contributed by atoms with Gasteiger partial charge in [-0.2, -0.15) is 0 Å². The van der Waals surface area contributed by atoms with Crippen LogP contribution in [0, 0.1) is 6.92 Å². The van der Waals surface area contributed by atoms with Crippen LogP contribution in [-0.2, 0) is 9.59 Å². The van der Waals surface area contributed by atoms with E-state index in [1.54, 1.807) is 49.4 Å². The number of ketones is 1. The predicted octanol–water partition coefficient (Wildman–Crippen LogP) is 5.06. The minimum Gasteiger partial charge on any atom is -0.507 e. The Morgan fingerprint density at radius 2 is 1.68 bits per heavy atom. The van der Waals surface area contributed by atoms with Gasteiger partial charge < -0.3 is 19.3 Å². The molecule has 37 heavy (non-hydrogen) atoms. The molecule has 1 saturated heterocycles. The molecule has 2 heterocycles. The Kier molecular flexibility index (Phi) is 8.08. The second kappa shape index (κ2) is 11.4. The molecule has 2 aromatic carbocycles. The van der Waals surface area contributed by atoms with Crippen LogP contribution >= 0.6 is 11.3 Å². The van der Waals surface area contributed by atoms with Crippen LogP contribution in [0.15, 0.2) is 48.0 Å². The van der Waals surface area contributed by atoms with E-state index in [1.807, 2.05) is 20.8 Å². The normalized spacial score (nSPS) is 16.8. The quantitative estimate of drug-likeness (QED) is 0.223. The van der Waals surface area contributed by atoms with Crippen LogP contribution in [0.2, 0.25) is 0 Å². The number of Topliss-reactive ketones (excluding diaryl/α,β-unsaturated/α-hetero) is 1. The Balaban J connectivity index is 1.86. The number of carbonyl (C=O) groups is 2. The maximum atomic E-state index is 13.3. The highest BCUT2D eigenvalue weighted by Gasteiger charge is 2.48. The number of aliphatic hydroxyl groups excluding tert-OH is 1. The fourth-order valence-corrected chi connectivity index (χ4v) is 4.77. The molecule has 1 aromatic heterocycles. The number of hydrogen-bond donors (Lipinski definition) is 1. The molecule has 1 amide bonds. The molecular formula is C27H29N3O6S. The van der Waals surface area contributed by atoms with E-state index in [1.165, 1.54) is 16.2 Å². The van der Waals surface area contributed by atoms with Crippen molar-refractivity contribution in [1.82, 2.24) is 10.2 Å². The maximum Gasteiger partial charge on any atom is 0.301 e. The summed E-state index contributed by atoms with van der Waals surface area (Å²) in [6.45, 7) is 8.90. The molecule has 1 fully saturated rings. The summed E-state index contributed by atoms with van der Waals surface area (Å²) in [6.07, 6.45) is 0.863.